The Labute approximate surface area is 118 Å². The molecular weight excluding hydrogens is 256 g/mol. The highest BCUT2D eigenvalue weighted by atomic mass is 16.5. The van der Waals surface area contributed by atoms with Crippen molar-refractivity contribution in [2.24, 2.45) is 0 Å². The fraction of sp³-hybridized carbons (Fsp3) is 0.533. The topological polar surface area (TPSA) is 64.8 Å². The van der Waals surface area contributed by atoms with E-state index >= 15 is 0 Å². The summed E-state index contributed by atoms with van der Waals surface area (Å²) in [4.78, 5) is 14.9. The van der Waals surface area contributed by atoms with Gasteiger partial charge in [-0.05, 0) is 30.5 Å². The standard InChI is InChI=1S/C15H20N2O3/c1-19-14-8-10-2-3-13(17-4-6-20-7-5-17)15(18)11(10)9-12(14)16/h8-9,13H,2-7,16H2,1H3. The molecule has 1 aliphatic carbocycles. The molecule has 5 heteroatoms. The molecule has 1 aromatic rings. The predicted molar refractivity (Wildman–Crippen MR) is 76.2 cm³/mol. The Balaban J connectivity index is 1.88. The second-order valence-corrected chi connectivity index (χ2v) is 5.32. The van der Waals surface area contributed by atoms with E-state index in [1.807, 2.05) is 6.07 Å². The average Bonchev–Trinajstić information content (AvgIpc) is 2.48. The monoisotopic (exact) mass is 276 g/mol. The number of aryl methyl sites for hydroxylation is 1. The Morgan fingerprint density at radius 3 is 2.80 bits per heavy atom. The number of carbonyl (C=O) groups excluding carboxylic acids is 1. The first-order valence-corrected chi connectivity index (χ1v) is 7.03. The summed E-state index contributed by atoms with van der Waals surface area (Å²) in [7, 11) is 1.60. The fourth-order valence-electron chi connectivity index (χ4n) is 3.09. The zero-order valence-corrected chi connectivity index (χ0v) is 11.7. The van der Waals surface area contributed by atoms with Gasteiger partial charge in [-0.3, -0.25) is 9.69 Å². The van der Waals surface area contributed by atoms with Crippen molar-refractivity contribution in [1.82, 2.24) is 4.90 Å². The molecule has 1 aliphatic heterocycles. The number of fused-ring (bicyclic) bond motifs is 1. The number of benzene rings is 1. The Morgan fingerprint density at radius 2 is 2.10 bits per heavy atom. The van der Waals surface area contributed by atoms with Crippen LogP contribution in [-0.4, -0.2) is 50.1 Å². The molecule has 1 unspecified atom stereocenters. The molecule has 1 aromatic carbocycles. The lowest BCUT2D eigenvalue weighted by atomic mass is 9.85. The highest BCUT2D eigenvalue weighted by Crippen LogP contribution is 2.32. The molecule has 5 nitrogen and oxygen atoms in total. The van der Waals surface area contributed by atoms with Crippen LogP contribution in [0.4, 0.5) is 5.69 Å². The number of anilines is 1. The molecule has 0 radical (unpaired) electrons. The number of hydrogen-bond acceptors (Lipinski definition) is 5. The minimum absolute atomic E-state index is 0.0285. The van der Waals surface area contributed by atoms with E-state index in [2.05, 4.69) is 4.90 Å². The van der Waals surface area contributed by atoms with Gasteiger partial charge >= 0.3 is 0 Å². The second kappa shape index (κ2) is 5.42. The zero-order valence-electron chi connectivity index (χ0n) is 11.7. The van der Waals surface area contributed by atoms with Crippen molar-refractivity contribution in [3.8, 4) is 5.75 Å². The maximum Gasteiger partial charge on any atom is 0.180 e. The smallest absolute Gasteiger partial charge is 0.180 e. The molecule has 1 atom stereocenters. The predicted octanol–water partition coefficient (Wildman–Crippen LogP) is 1.11. The van der Waals surface area contributed by atoms with Crippen LogP contribution >= 0.6 is 0 Å². The van der Waals surface area contributed by atoms with Crippen molar-refractivity contribution in [3.05, 3.63) is 23.3 Å². The number of ether oxygens (including phenoxy) is 2. The number of nitrogens with two attached hydrogens (primary N) is 1. The van der Waals surface area contributed by atoms with Crippen LogP contribution in [0.25, 0.3) is 0 Å². The highest BCUT2D eigenvalue weighted by molar-refractivity contribution is 6.03. The molecular formula is C15H20N2O3. The lowest BCUT2D eigenvalue weighted by molar-refractivity contribution is 0.0152. The highest BCUT2D eigenvalue weighted by Gasteiger charge is 2.33. The molecule has 1 heterocycles. The minimum atomic E-state index is -0.0285. The first kappa shape index (κ1) is 13.4. The zero-order chi connectivity index (χ0) is 14.1. The van der Waals surface area contributed by atoms with Crippen molar-refractivity contribution >= 4 is 11.5 Å². The van der Waals surface area contributed by atoms with E-state index < -0.39 is 0 Å². The van der Waals surface area contributed by atoms with Crippen molar-refractivity contribution in [3.63, 3.8) is 0 Å². The van der Waals surface area contributed by atoms with Crippen LogP contribution in [0.3, 0.4) is 0 Å². The van der Waals surface area contributed by atoms with E-state index in [0.29, 0.717) is 24.7 Å². The summed E-state index contributed by atoms with van der Waals surface area (Å²) in [6.07, 6.45) is 1.75. The van der Waals surface area contributed by atoms with Crippen molar-refractivity contribution < 1.29 is 14.3 Å². The maximum absolute atomic E-state index is 12.7. The summed E-state index contributed by atoms with van der Waals surface area (Å²) in [6.45, 7) is 3.08. The Kier molecular flexibility index (Phi) is 3.63. The quantitative estimate of drug-likeness (QED) is 0.820. The number of morpholine rings is 1. The Bertz CT molecular complexity index is 524. The number of carbonyl (C=O) groups is 1. The van der Waals surface area contributed by atoms with Gasteiger partial charge in [-0.1, -0.05) is 0 Å². The van der Waals surface area contributed by atoms with Gasteiger partial charge in [0.2, 0.25) is 0 Å². The van der Waals surface area contributed by atoms with Gasteiger partial charge in [0.25, 0.3) is 0 Å². The van der Waals surface area contributed by atoms with Gasteiger partial charge in [0, 0.05) is 18.7 Å². The van der Waals surface area contributed by atoms with Gasteiger partial charge < -0.3 is 15.2 Å². The van der Waals surface area contributed by atoms with E-state index in [1.54, 1.807) is 13.2 Å². The molecule has 0 bridgehead atoms. The molecule has 2 N–H and O–H groups in total. The van der Waals surface area contributed by atoms with E-state index in [4.69, 9.17) is 15.2 Å². The lowest BCUT2D eigenvalue weighted by Gasteiger charge is -2.36. The number of nitrogen functional groups attached to an aromatic ring is 1. The number of nitrogens with zero attached hydrogens (tertiary/aromatic N) is 1. The summed E-state index contributed by atoms with van der Waals surface area (Å²) in [5.41, 5.74) is 8.26. The average molecular weight is 276 g/mol. The first-order valence-electron chi connectivity index (χ1n) is 7.03. The maximum atomic E-state index is 12.7. The van der Waals surface area contributed by atoms with Crippen LogP contribution in [0.1, 0.15) is 22.3 Å². The molecule has 3 rings (SSSR count). The normalized spacial score (nSPS) is 23.4. The SMILES string of the molecule is COc1cc2c(cc1N)C(=O)C(N1CCOCC1)CC2. The summed E-state index contributed by atoms with van der Waals surface area (Å²) in [6, 6.07) is 3.64. The van der Waals surface area contributed by atoms with Gasteiger partial charge in [-0.2, -0.15) is 0 Å². The fourth-order valence-corrected chi connectivity index (χ4v) is 3.09. The van der Waals surface area contributed by atoms with Gasteiger partial charge in [-0.25, -0.2) is 0 Å². The third-order valence-electron chi connectivity index (χ3n) is 4.20. The number of Topliss-reactive ketones (excluding diaryl/α,β-unsaturated/α-hetero) is 1. The Morgan fingerprint density at radius 1 is 1.35 bits per heavy atom. The summed E-state index contributed by atoms with van der Waals surface area (Å²) in [5, 5.41) is 0. The molecule has 1 saturated heterocycles. The lowest BCUT2D eigenvalue weighted by Crippen LogP contribution is -2.49. The molecule has 0 aromatic heterocycles. The third-order valence-corrected chi connectivity index (χ3v) is 4.20. The third kappa shape index (κ3) is 2.27. The first-order chi connectivity index (χ1) is 9.70. The number of ketones is 1. The molecule has 2 aliphatic rings. The molecule has 0 amide bonds. The molecule has 1 fully saturated rings. The molecule has 0 saturated carbocycles. The van der Waals surface area contributed by atoms with Crippen molar-refractivity contribution in [2.75, 3.05) is 39.1 Å². The summed E-state index contributed by atoms with van der Waals surface area (Å²) in [5.74, 6) is 0.837. The molecule has 108 valence electrons. The van der Waals surface area contributed by atoms with E-state index in [9.17, 15) is 4.79 Å². The van der Waals surface area contributed by atoms with E-state index in [-0.39, 0.29) is 11.8 Å². The second-order valence-electron chi connectivity index (χ2n) is 5.32. The van der Waals surface area contributed by atoms with Crippen molar-refractivity contribution in [1.29, 1.82) is 0 Å². The molecule has 20 heavy (non-hydrogen) atoms. The van der Waals surface area contributed by atoms with Gasteiger partial charge in [-0.15, -0.1) is 0 Å². The Hall–Kier alpha value is -1.59. The van der Waals surface area contributed by atoms with Crippen LogP contribution in [0.5, 0.6) is 5.75 Å². The van der Waals surface area contributed by atoms with Crippen LogP contribution in [0.15, 0.2) is 12.1 Å². The van der Waals surface area contributed by atoms with Crippen LogP contribution in [0.2, 0.25) is 0 Å². The van der Waals surface area contributed by atoms with Crippen LogP contribution < -0.4 is 10.5 Å². The number of hydrogen-bond donors (Lipinski definition) is 1. The molecule has 0 spiro atoms. The largest absolute Gasteiger partial charge is 0.495 e. The van der Waals surface area contributed by atoms with Crippen LogP contribution in [-0.2, 0) is 11.2 Å². The number of rotatable bonds is 2. The van der Waals surface area contributed by atoms with Crippen LogP contribution in [0, 0.1) is 0 Å². The number of methoxy groups -OCH3 is 1. The summed E-state index contributed by atoms with van der Waals surface area (Å²) >= 11 is 0. The van der Waals surface area contributed by atoms with E-state index in [1.165, 1.54) is 0 Å². The van der Waals surface area contributed by atoms with E-state index in [0.717, 1.165) is 37.1 Å². The van der Waals surface area contributed by atoms with Gasteiger partial charge in [0.15, 0.2) is 5.78 Å². The van der Waals surface area contributed by atoms with Gasteiger partial charge in [0.1, 0.15) is 5.75 Å². The van der Waals surface area contributed by atoms with Gasteiger partial charge in [0.05, 0.1) is 32.1 Å². The van der Waals surface area contributed by atoms with Crippen molar-refractivity contribution in [2.45, 2.75) is 18.9 Å². The summed E-state index contributed by atoms with van der Waals surface area (Å²) < 4.78 is 10.6. The minimum Gasteiger partial charge on any atom is -0.495 e.